The quantitative estimate of drug-likeness (QED) is 0.102. The molecule has 0 spiro atoms. The van der Waals surface area contributed by atoms with Gasteiger partial charge in [-0.2, -0.15) is 0 Å². The fraction of sp³-hybridized carbons (Fsp3) is 0.0526. The lowest BCUT2D eigenvalue weighted by molar-refractivity contribution is 0.447. The zero-order chi connectivity index (χ0) is 33.7. The number of fused-ring (bicyclic) bond motifs is 1. The van der Waals surface area contributed by atoms with Gasteiger partial charge in [-0.25, -0.2) is 39.5 Å². The van der Waals surface area contributed by atoms with E-state index in [0.29, 0.717) is 23.3 Å². The summed E-state index contributed by atoms with van der Waals surface area (Å²) in [4.78, 5) is 0. The molecule has 0 atom stereocenters. The SMILES string of the molecule is Cc1ccc(-c2cc(F)c3c(F)c(C#Cc4cc(F)c(-c5ccc(-c6cc(F)c(F)c(F)c6)c(F)c5)cc4C)c(F)cc3c2)c(F)c1. The van der Waals surface area contributed by atoms with Gasteiger partial charge < -0.3 is 0 Å². The summed E-state index contributed by atoms with van der Waals surface area (Å²) in [6, 6.07) is 14.4. The molecule has 0 heterocycles. The summed E-state index contributed by atoms with van der Waals surface area (Å²) in [5.74, 6) is -5.79. The smallest absolute Gasteiger partial charge is 0.194 e. The molecule has 0 nitrogen and oxygen atoms in total. The van der Waals surface area contributed by atoms with Crippen molar-refractivity contribution < 1.29 is 39.5 Å². The van der Waals surface area contributed by atoms with E-state index in [1.54, 1.807) is 13.0 Å². The predicted molar refractivity (Wildman–Crippen MR) is 162 cm³/mol. The highest BCUT2D eigenvalue weighted by molar-refractivity contribution is 5.90. The summed E-state index contributed by atoms with van der Waals surface area (Å²) in [5, 5.41) is -0.707. The monoisotopic (exact) mass is 646 g/mol. The lowest BCUT2D eigenvalue weighted by Gasteiger charge is -2.11. The van der Waals surface area contributed by atoms with E-state index in [1.165, 1.54) is 37.3 Å². The number of halogens is 9. The molecule has 0 bridgehead atoms. The first kappa shape index (κ1) is 31.5. The van der Waals surface area contributed by atoms with Crippen LogP contribution in [-0.4, -0.2) is 0 Å². The van der Waals surface area contributed by atoms with E-state index in [1.807, 2.05) is 0 Å². The fourth-order valence-corrected chi connectivity index (χ4v) is 5.33. The Morgan fingerprint density at radius 3 is 1.66 bits per heavy atom. The van der Waals surface area contributed by atoms with E-state index in [2.05, 4.69) is 11.8 Å². The van der Waals surface area contributed by atoms with Crippen molar-refractivity contribution in [1.29, 1.82) is 0 Å². The van der Waals surface area contributed by atoms with Crippen molar-refractivity contribution in [1.82, 2.24) is 0 Å². The third-order valence-corrected chi connectivity index (χ3v) is 7.73. The van der Waals surface area contributed by atoms with Crippen LogP contribution in [0.2, 0.25) is 0 Å². The Bertz CT molecular complexity index is 2310. The maximum atomic E-state index is 15.5. The Labute approximate surface area is 262 Å². The number of hydrogen-bond acceptors (Lipinski definition) is 0. The van der Waals surface area contributed by atoms with Gasteiger partial charge in [0.05, 0.1) is 10.9 Å². The third-order valence-electron chi connectivity index (χ3n) is 7.73. The molecule has 0 radical (unpaired) electrons. The molecular weight excluding hydrogens is 627 g/mol. The molecule has 0 aliphatic heterocycles. The van der Waals surface area contributed by atoms with Gasteiger partial charge in [-0.05, 0) is 102 Å². The molecule has 6 aromatic carbocycles. The maximum absolute atomic E-state index is 15.5. The van der Waals surface area contributed by atoms with Crippen molar-refractivity contribution >= 4 is 10.8 Å². The Morgan fingerprint density at radius 2 is 1.00 bits per heavy atom. The summed E-state index contributed by atoms with van der Waals surface area (Å²) in [6.07, 6.45) is 0. The molecular formula is C38H19F9. The minimum absolute atomic E-state index is 0.0326. The lowest BCUT2D eigenvalue weighted by atomic mass is 9.96. The van der Waals surface area contributed by atoms with E-state index in [0.717, 1.165) is 30.3 Å². The van der Waals surface area contributed by atoms with E-state index in [9.17, 15) is 22.0 Å². The van der Waals surface area contributed by atoms with Gasteiger partial charge in [-0.15, -0.1) is 0 Å². The normalized spacial score (nSPS) is 11.1. The van der Waals surface area contributed by atoms with Crippen molar-refractivity contribution in [2.75, 3.05) is 0 Å². The van der Waals surface area contributed by atoms with Crippen molar-refractivity contribution in [2.45, 2.75) is 13.8 Å². The van der Waals surface area contributed by atoms with Gasteiger partial charge in [-0.3, -0.25) is 0 Å². The van der Waals surface area contributed by atoms with Crippen LogP contribution in [0, 0.1) is 78.0 Å². The highest BCUT2D eigenvalue weighted by Gasteiger charge is 2.19. The van der Waals surface area contributed by atoms with Gasteiger partial charge in [-0.1, -0.05) is 36.1 Å². The first-order chi connectivity index (χ1) is 22.3. The van der Waals surface area contributed by atoms with Crippen LogP contribution in [0.4, 0.5) is 39.5 Å². The molecule has 0 saturated heterocycles. The van der Waals surface area contributed by atoms with Crippen LogP contribution in [0.25, 0.3) is 44.2 Å². The van der Waals surface area contributed by atoms with Gasteiger partial charge in [0.2, 0.25) is 0 Å². The van der Waals surface area contributed by atoms with Gasteiger partial charge in [0, 0.05) is 22.3 Å². The molecule has 6 aromatic rings. The Hall–Kier alpha value is -5.49. The topological polar surface area (TPSA) is 0 Å². The largest absolute Gasteiger partial charge is 0.206 e. The molecule has 0 aliphatic carbocycles. The molecule has 0 unspecified atom stereocenters. The second kappa shape index (κ2) is 12.0. The highest BCUT2D eigenvalue weighted by atomic mass is 19.2. The van der Waals surface area contributed by atoms with Crippen LogP contribution in [0.15, 0.2) is 78.9 Å². The summed E-state index contributed by atoms with van der Waals surface area (Å²) in [6.45, 7) is 3.21. The first-order valence-electron chi connectivity index (χ1n) is 14.0. The van der Waals surface area contributed by atoms with Crippen LogP contribution < -0.4 is 0 Å². The molecule has 47 heavy (non-hydrogen) atoms. The molecule has 0 amide bonds. The summed E-state index contributed by atoms with van der Waals surface area (Å²) in [7, 11) is 0. The van der Waals surface area contributed by atoms with Gasteiger partial charge >= 0.3 is 0 Å². The Balaban J connectivity index is 1.34. The van der Waals surface area contributed by atoms with Gasteiger partial charge in [0.25, 0.3) is 0 Å². The maximum Gasteiger partial charge on any atom is 0.194 e. The molecule has 0 aromatic heterocycles. The highest BCUT2D eigenvalue weighted by Crippen LogP contribution is 2.34. The van der Waals surface area contributed by atoms with Crippen LogP contribution >= 0.6 is 0 Å². The van der Waals surface area contributed by atoms with Gasteiger partial charge in [0.1, 0.15) is 29.1 Å². The van der Waals surface area contributed by atoms with E-state index >= 15 is 17.6 Å². The molecule has 234 valence electrons. The molecule has 9 heteroatoms. The Morgan fingerprint density at radius 1 is 0.426 bits per heavy atom. The minimum atomic E-state index is -1.70. The first-order valence-corrected chi connectivity index (χ1v) is 14.0. The molecule has 0 saturated carbocycles. The predicted octanol–water partition coefficient (Wildman–Crippen LogP) is 11.1. The van der Waals surface area contributed by atoms with Crippen LogP contribution in [0.5, 0.6) is 0 Å². The second-order valence-electron chi connectivity index (χ2n) is 10.9. The molecule has 0 fully saturated rings. The van der Waals surface area contributed by atoms with Crippen molar-refractivity contribution in [3.8, 4) is 45.2 Å². The summed E-state index contributed by atoms with van der Waals surface area (Å²) < 4.78 is 131. The summed E-state index contributed by atoms with van der Waals surface area (Å²) >= 11 is 0. The summed E-state index contributed by atoms with van der Waals surface area (Å²) in [5.41, 5.74) is -0.126. The average Bonchev–Trinajstić information content (AvgIpc) is 3.00. The van der Waals surface area contributed by atoms with Crippen molar-refractivity contribution in [3.05, 3.63) is 153 Å². The van der Waals surface area contributed by atoms with Crippen molar-refractivity contribution in [2.24, 2.45) is 0 Å². The standard InChI is InChI=1S/C38H19F9/c1-18-3-6-25(29(39)9-18)22-11-24-17-31(41)27(37(46)36(24)33(43)14-22)8-4-20-12-32(42)28(10-19(20)2)21-5-7-26(30(40)13-21)23-15-34(44)38(47)35(45)16-23/h3,5-7,9-17H,1-2H3. The third kappa shape index (κ3) is 5.83. The second-order valence-corrected chi connectivity index (χ2v) is 10.9. The molecule has 0 aliphatic rings. The van der Waals surface area contributed by atoms with Crippen LogP contribution in [0.3, 0.4) is 0 Å². The number of rotatable bonds is 3. The average molecular weight is 647 g/mol. The zero-order valence-corrected chi connectivity index (χ0v) is 24.4. The number of benzene rings is 6. The van der Waals surface area contributed by atoms with Crippen LogP contribution in [-0.2, 0) is 0 Å². The Kier molecular flexibility index (Phi) is 8.06. The number of aryl methyl sites for hydroxylation is 2. The molecule has 6 rings (SSSR count). The van der Waals surface area contributed by atoms with E-state index in [-0.39, 0.29) is 44.3 Å². The van der Waals surface area contributed by atoms with E-state index < -0.39 is 63.3 Å². The number of hydrogen-bond donors (Lipinski definition) is 0. The fourth-order valence-electron chi connectivity index (χ4n) is 5.33. The van der Waals surface area contributed by atoms with Gasteiger partial charge in [0.15, 0.2) is 23.3 Å². The lowest BCUT2D eigenvalue weighted by Crippen LogP contribution is -1.97. The van der Waals surface area contributed by atoms with E-state index in [4.69, 9.17) is 0 Å². The zero-order valence-electron chi connectivity index (χ0n) is 24.4. The minimum Gasteiger partial charge on any atom is -0.206 e. The van der Waals surface area contributed by atoms with Crippen molar-refractivity contribution in [3.63, 3.8) is 0 Å². The van der Waals surface area contributed by atoms with Crippen LogP contribution in [0.1, 0.15) is 22.3 Å². The molecule has 0 N–H and O–H groups in total.